The Morgan fingerprint density at radius 3 is 2.57 bits per heavy atom. The predicted molar refractivity (Wildman–Crippen MR) is 57.6 cm³/mol. The number of aliphatic hydroxyl groups is 1. The highest BCUT2D eigenvalue weighted by atomic mass is 16.5. The Bertz CT molecular complexity index is 305. The zero-order chi connectivity index (χ0) is 10.6. The van der Waals surface area contributed by atoms with Crippen LogP contribution in [0.3, 0.4) is 0 Å². The molecule has 0 saturated heterocycles. The highest BCUT2D eigenvalue weighted by Crippen LogP contribution is 2.29. The summed E-state index contributed by atoms with van der Waals surface area (Å²) in [6, 6.07) is 7.66. The van der Waals surface area contributed by atoms with Gasteiger partial charge in [-0.05, 0) is 13.0 Å². The van der Waals surface area contributed by atoms with Gasteiger partial charge in [-0.1, -0.05) is 24.3 Å². The van der Waals surface area contributed by atoms with Gasteiger partial charge in [0.15, 0.2) is 0 Å². The van der Waals surface area contributed by atoms with E-state index in [1.165, 1.54) is 0 Å². The SMILES string of the molecule is C=C[C@H](c1ccccc1OC)[C@H](C)O. The van der Waals surface area contributed by atoms with Gasteiger partial charge in [-0.3, -0.25) is 0 Å². The maximum atomic E-state index is 9.56. The van der Waals surface area contributed by atoms with Crippen LogP contribution >= 0.6 is 0 Å². The van der Waals surface area contributed by atoms with Gasteiger partial charge in [0.2, 0.25) is 0 Å². The topological polar surface area (TPSA) is 29.5 Å². The van der Waals surface area contributed by atoms with Crippen molar-refractivity contribution in [2.75, 3.05) is 7.11 Å². The fraction of sp³-hybridized carbons (Fsp3) is 0.333. The molecule has 0 aromatic heterocycles. The Kier molecular flexibility index (Phi) is 3.72. The summed E-state index contributed by atoms with van der Waals surface area (Å²) in [7, 11) is 1.63. The van der Waals surface area contributed by atoms with E-state index in [0.29, 0.717) is 0 Å². The van der Waals surface area contributed by atoms with E-state index >= 15 is 0 Å². The predicted octanol–water partition coefficient (Wildman–Crippen LogP) is 2.35. The second-order valence-electron chi connectivity index (χ2n) is 3.24. The van der Waals surface area contributed by atoms with Gasteiger partial charge >= 0.3 is 0 Å². The van der Waals surface area contributed by atoms with Crippen LogP contribution in [0.2, 0.25) is 0 Å². The molecule has 0 heterocycles. The lowest BCUT2D eigenvalue weighted by Gasteiger charge is -2.18. The minimum atomic E-state index is -0.455. The van der Waals surface area contributed by atoms with Crippen molar-refractivity contribution in [3.05, 3.63) is 42.5 Å². The molecule has 0 unspecified atom stereocenters. The van der Waals surface area contributed by atoms with Gasteiger partial charge in [-0.2, -0.15) is 0 Å². The van der Waals surface area contributed by atoms with E-state index in [2.05, 4.69) is 6.58 Å². The summed E-state index contributed by atoms with van der Waals surface area (Å²) in [6.45, 7) is 5.47. The Morgan fingerprint density at radius 2 is 2.07 bits per heavy atom. The second kappa shape index (κ2) is 4.82. The summed E-state index contributed by atoms with van der Waals surface area (Å²) in [5, 5.41) is 9.56. The largest absolute Gasteiger partial charge is 0.496 e. The highest BCUT2D eigenvalue weighted by Gasteiger charge is 2.16. The standard InChI is InChI=1S/C12H16O2/c1-4-10(9(2)13)11-7-5-6-8-12(11)14-3/h4-10,13H,1H2,2-3H3/t9-,10-/m0/s1. The molecule has 2 heteroatoms. The number of hydrogen-bond donors (Lipinski definition) is 1. The van der Waals surface area contributed by atoms with Crippen LogP contribution < -0.4 is 4.74 Å². The number of methoxy groups -OCH3 is 1. The normalized spacial score (nSPS) is 14.5. The lowest BCUT2D eigenvalue weighted by atomic mass is 9.93. The monoisotopic (exact) mass is 192 g/mol. The maximum Gasteiger partial charge on any atom is 0.122 e. The van der Waals surface area contributed by atoms with E-state index in [9.17, 15) is 5.11 Å². The summed E-state index contributed by atoms with van der Waals surface area (Å²) in [5.41, 5.74) is 0.972. The molecule has 2 nitrogen and oxygen atoms in total. The first-order chi connectivity index (χ1) is 6.70. The molecule has 0 amide bonds. The quantitative estimate of drug-likeness (QED) is 0.742. The molecule has 14 heavy (non-hydrogen) atoms. The number of hydrogen-bond acceptors (Lipinski definition) is 2. The average Bonchev–Trinajstić information content (AvgIpc) is 2.19. The van der Waals surface area contributed by atoms with Crippen LogP contribution in [0.1, 0.15) is 18.4 Å². The second-order valence-corrected chi connectivity index (χ2v) is 3.24. The van der Waals surface area contributed by atoms with Crippen LogP contribution in [-0.4, -0.2) is 18.3 Å². The van der Waals surface area contributed by atoms with Gasteiger partial charge < -0.3 is 9.84 Å². The lowest BCUT2D eigenvalue weighted by Crippen LogP contribution is -2.12. The van der Waals surface area contributed by atoms with Gasteiger partial charge in [-0.25, -0.2) is 0 Å². The van der Waals surface area contributed by atoms with Gasteiger partial charge in [0, 0.05) is 11.5 Å². The van der Waals surface area contributed by atoms with Crippen LogP contribution in [0.25, 0.3) is 0 Å². The molecular formula is C12H16O2. The van der Waals surface area contributed by atoms with Crippen molar-refractivity contribution in [1.82, 2.24) is 0 Å². The molecule has 0 aliphatic rings. The molecule has 1 N–H and O–H groups in total. The first-order valence-corrected chi connectivity index (χ1v) is 4.64. The molecule has 1 rings (SSSR count). The van der Waals surface area contributed by atoms with Crippen LogP contribution in [0.4, 0.5) is 0 Å². The molecule has 1 aromatic carbocycles. The van der Waals surface area contributed by atoms with Crippen molar-refractivity contribution in [2.24, 2.45) is 0 Å². The molecule has 0 spiro atoms. The fourth-order valence-electron chi connectivity index (χ4n) is 1.53. The molecule has 0 aliphatic carbocycles. The molecular weight excluding hydrogens is 176 g/mol. The van der Waals surface area contributed by atoms with Gasteiger partial charge in [0.1, 0.15) is 5.75 Å². The number of aliphatic hydroxyl groups excluding tert-OH is 1. The van der Waals surface area contributed by atoms with Crippen molar-refractivity contribution in [3.63, 3.8) is 0 Å². The number of rotatable bonds is 4. The van der Waals surface area contributed by atoms with E-state index in [1.54, 1.807) is 20.1 Å². The van der Waals surface area contributed by atoms with Crippen molar-refractivity contribution >= 4 is 0 Å². The first kappa shape index (κ1) is 10.8. The van der Waals surface area contributed by atoms with E-state index in [0.717, 1.165) is 11.3 Å². The van der Waals surface area contributed by atoms with E-state index < -0.39 is 6.10 Å². The smallest absolute Gasteiger partial charge is 0.122 e. The van der Waals surface area contributed by atoms with E-state index in [4.69, 9.17) is 4.74 Å². The Morgan fingerprint density at radius 1 is 1.43 bits per heavy atom. The first-order valence-electron chi connectivity index (χ1n) is 4.64. The van der Waals surface area contributed by atoms with E-state index in [-0.39, 0.29) is 5.92 Å². The molecule has 0 bridgehead atoms. The average molecular weight is 192 g/mol. The minimum absolute atomic E-state index is 0.0776. The van der Waals surface area contributed by atoms with Gasteiger partial charge in [0.25, 0.3) is 0 Å². The fourth-order valence-corrected chi connectivity index (χ4v) is 1.53. The van der Waals surface area contributed by atoms with Crippen LogP contribution in [0.5, 0.6) is 5.75 Å². The Hall–Kier alpha value is -1.28. The van der Waals surface area contributed by atoms with Crippen LogP contribution in [0.15, 0.2) is 36.9 Å². The maximum absolute atomic E-state index is 9.56. The van der Waals surface area contributed by atoms with E-state index in [1.807, 2.05) is 24.3 Å². The van der Waals surface area contributed by atoms with Gasteiger partial charge in [-0.15, -0.1) is 6.58 Å². The molecule has 76 valence electrons. The molecule has 1 aromatic rings. The summed E-state index contributed by atoms with van der Waals surface area (Å²) >= 11 is 0. The van der Waals surface area contributed by atoms with Crippen molar-refractivity contribution in [3.8, 4) is 5.75 Å². The zero-order valence-electron chi connectivity index (χ0n) is 8.60. The van der Waals surface area contributed by atoms with Crippen LogP contribution in [0, 0.1) is 0 Å². The lowest BCUT2D eigenvalue weighted by molar-refractivity contribution is 0.177. The van der Waals surface area contributed by atoms with Crippen LogP contribution in [-0.2, 0) is 0 Å². The summed E-state index contributed by atoms with van der Waals surface area (Å²) in [6.07, 6.45) is 1.28. The number of benzene rings is 1. The molecule has 0 fully saturated rings. The van der Waals surface area contributed by atoms with Gasteiger partial charge in [0.05, 0.1) is 13.2 Å². The third kappa shape index (κ3) is 2.15. The molecule has 0 saturated carbocycles. The number of ether oxygens (including phenoxy) is 1. The molecule has 2 atom stereocenters. The third-order valence-corrected chi connectivity index (χ3v) is 2.27. The molecule has 0 aliphatic heterocycles. The highest BCUT2D eigenvalue weighted by molar-refractivity contribution is 5.38. The summed E-state index contributed by atoms with van der Waals surface area (Å²) in [5.74, 6) is 0.712. The van der Waals surface area contributed by atoms with Crippen molar-refractivity contribution in [1.29, 1.82) is 0 Å². The Labute approximate surface area is 84.8 Å². The summed E-state index contributed by atoms with van der Waals surface area (Å²) in [4.78, 5) is 0. The zero-order valence-corrected chi connectivity index (χ0v) is 8.60. The minimum Gasteiger partial charge on any atom is -0.496 e. The Balaban J connectivity index is 3.08. The van der Waals surface area contributed by atoms with Crippen molar-refractivity contribution < 1.29 is 9.84 Å². The third-order valence-electron chi connectivity index (χ3n) is 2.27. The number of para-hydroxylation sites is 1. The van der Waals surface area contributed by atoms with Crippen molar-refractivity contribution in [2.45, 2.75) is 18.9 Å². The molecule has 0 radical (unpaired) electrons. The summed E-state index contributed by atoms with van der Waals surface area (Å²) < 4.78 is 5.22.